The number of rotatable bonds is 4. The zero-order valence-corrected chi connectivity index (χ0v) is 11.8. The highest BCUT2D eigenvalue weighted by Gasteiger charge is 2.11. The number of hydrogen-bond donors (Lipinski definition) is 0. The van der Waals surface area contributed by atoms with Crippen LogP contribution in [0.25, 0.3) is 10.9 Å². The number of fused-ring (bicyclic) bond motifs is 1. The highest BCUT2D eigenvalue weighted by molar-refractivity contribution is 5.83. The van der Waals surface area contributed by atoms with Gasteiger partial charge >= 0.3 is 0 Å². The van der Waals surface area contributed by atoms with Crippen LogP contribution in [0.4, 0.5) is 0 Å². The average Bonchev–Trinajstić information content (AvgIpc) is 2.41. The van der Waals surface area contributed by atoms with Crippen LogP contribution >= 0.6 is 0 Å². The molecule has 1 heterocycles. The molecule has 2 rings (SSSR count). The fourth-order valence-electron chi connectivity index (χ4n) is 2.28. The summed E-state index contributed by atoms with van der Waals surface area (Å²) in [5.41, 5.74) is 2.99. The number of carbonyl (C=O) groups is 1. The lowest BCUT2D eigenvalue weighted by Crippen LogP contribution is -2.31. The normalized spacial score (nSPS) is 10.7. The Balaban J connectivity index is 2.27. The maximum absolute atomic E-state index is 12.1. The predicted molar refractivity (Wildman–Crippen MR) is 78.1 cm³/mol. The van der Waals surface area contributed by atoms with Crippen molar-refractivity contribution in [3.05, 3.63) is 41.6 Å². The van der Waals surface area contributed by atoms with E-state index >= 15 is 0 Å². The van der Waals surface area contributed by atoms with Gasteiger partial charge in [-0.3, -0.25) is 9.78 Å². The molecule has 1 aromatic heterocycles. The van der Waals surface area contributed by atoms with Crippen LogP contribution < -0.4 is 0 Å². The third kappa shape index (κ3) is 2.92. The topological polar surface area (TPSA) is 33.2 Å². The number of benzene rings is 1. The van der Waals surface area contributed by atoms with Gasteiger partial charge in [0.2, 0.25) is 5.91 Å². The Hall–Kier alpha value is -1.90. The summed E-state index contributed by atoms with van der Waals surface area (Å²) in [5.74, 6) is 0.144. The molecule has 2 aromatic rings. The minimum Gasteiger partial charge on any atom is -0.343 e. The molecule has 3 nitrogen and oxygen atoms in total. The molecule has 0 N–H and O–H groups in total. The quantitative estimate of drug-likeness (QED) is 0.842. The smallest absolute Gasteiger partial charge is 0.228 e. The Morgan fingerprint density at radius 1 is 1.16 bits per heavy atom. The highest BCUT2D eigenvalue weighted by atomic mass is 16.2. The molecule has 0 aliphatic rings. The lowest BCUT2D eigenvalue weighted by molar-refractivity contribution is -0.130. The first-order valence-electron chi connectivity index (χ1n) is 6.78. The molecule has 0 bridgehead atoms. The van der Waals surface area contributed by atoms with Crippen LogP contribution in [-0.2, 0) is 11.2 Å². The molecular formula is C16H20N2O. The number of aryl methyl sites for hydroxylation is 1. The van der Waals surface area contributed by atoms with Gasteiger partial charge < -0.3 is 4.90 Å². The van der Waals surface area contributed by atoms with Gasteiger partial charge in [0.25, 0.3) is 0 Å². The van der Waals surface area contributed by atoms with Crippen LogP contribution in [0.5, 0.6) is 0 Å². The molecule has 0 radical (unpaired) electrons. The van der Waals surface area contributed by atoms with Gasteiger partial charge in [0.05, 0.1) is 17.6 Å². The van der Waals surface area contributed by atoms with Crippen LogP contribution in [0.1, 0.15) is 25.1 Å². The predicted octanol–water partition coefficient (Wildman–Crippen LogP) is 2.95. The molecule has 1 aromatic carbocycles. The van der Waals surface area contributed by atoms with E-state index in [0.29, 0.717) is 6.42 Å². The summed E-state index contributed by atoms with van der Waals surface area (Å²) in [4.78, 5) is 18.5. The molecule has 19 heavy (non-hydrogen) atoms. The van der Waals surface area contributed by atoms with Crippen molar-refractivity contribution in [3.8, 4) is 0 Å². The van der Waals surface area contributed by atoms with Gasteiger partial charge in [-0.25, -0.2) is 0 Å². The van der Waals surface area contributed by atoms with Gasteiger partial charge in [0, 0.05) is 18.5 Å². The summed E-state index contributed by atoms with van der Waals surface area (Å²) in [6, 6.07) is 10.1. The summed E-state index contributed by atoms with van der Waals surface area (Å²) < 4.78 is 0. The van der Waals surface area contributed by atoms with Crippen molar-refractivity contribution in [1.29, 1.82) is 0 Å². The van der Waals surface area contributed by atoms with E-state index < -0.39 is 0 Å². The number of hydrogen-bond acceptors (Lipinski definition) is 2. The second-order valence-electron chi connectivity index (χ2n) is 4.69. The Bertz CT molecular complexity index is 588. The Labute approximate surface area is 114 Å². The fraction of sp³-hybridized carbons (Fsp3) is 0.375. The summed E-state index contributed by atoms with van der Waals surface area (Å²) in [7, 11) is 0. The van der Waals surface area contributed by atoms with Gasteiger partial charge in [0.1, 0.15) is 0 Å². The maximum Gasteiger partial charge on any atom is 0.228 e. The summed E-state index contributed by atoms with van der Waals surface area (Å²) in [5, 5.41) is 1.12. The van der Waals surface area contributed by atoms with Crippen LogP contribution in [0.3, 0.4) is 0 Å². The number of likely N-dealkylation sites (N-methyl/N-ethyl adjacent to an activating group) is 1. The van der Waals surface area contributed by atoms with Gasteiger partial charge in [0.15, 0.2) is 0 Å². The van der Waals surface area contributed by atoms with E-state index in [4.69, 9.17) is 0 Å². The highest BCUT2D eigenvalue weighted by Crippen LogP contribution is 2.16. The van der Waals surface area contributed by atoms with Crippen molar-refractivity contribution in [2.75, 3.05) is 13.1 Å². The SMILES string of the molecule is CCN(CC)C(=O)Cc1ccc2cccc(C)c2n1. The zero-order valence-electron chi connectivity index (χ0n) is 11.8. The molecular weight excluding hydrogens is 236 g/mol. The number of amides is 1. The largest absolute Gasteiger partial charge is 0.343 e. The molecule has 0 aliphatic carbocycles. The fourth-order valence-corrected chi connectivity index (χ4v) is 2.28. The lowest BCUT2D eigenvalue weighted by Gasteiger charge is -2.18. The average molecular weight is 256 g/mol. The van der Waals surface area contributed by atoms with Crippen molar-refractivity contribution in [3.63, 3.8) is 0 Å². The molecule has 0 spiro atoms. The molecule has 0 atom stereocenters. The van der Waals surface area contributed by atoms with Crippen molar-refractivity contribution in [2.24, 2.45) is 0 Å². The molecule has 1 amide bonds. The van der Waals surface area contributed by atoms with Crippen molar-refractivity contribution in [1.82, 2.24) is 9.88 Å². The van der Waals surface area contributed by atoms with E-state index in [0.717, 1.165) is 35.2 Å². The van der Waals surface area contributed by atoms with Gasteiger partial charge in [-0.05, 0) is 32.4 Å². The number of nitrogens with zero attached hydrogens (tertiary/aromatic N) is 2. The van der Waals surface area contributed by atoms with Crippen LogP contribution in [-0.4, -0.2) is 28.9 Å². The molecule has 0 saturated heterocycles. The first-order chi connectivity index (χ1) is 9.15. The van der Waals surface area contributed by atoms with Crippen molar-refractivity contribution < 1.29 is 4.79 Å². The molecule has 100 valence electrons. The second-order valence-corrected chi connectivity index (χ2v) is 4.69. The van der Waals surface area contributed by atoms with E-state index in [9.17, 15) is 4.79 Å². The van der Waals surface area contributed by atoms with E-state index in [-0.39, 0.29) is 5.91 Å². The summed E-state index contributed by atoms with van der Waals surface area (Å²) >= 11 is 0. The van der Waals surface area contributed by atoms with Crippen LogP contribution in [0, 0.1) is 6.92 Å². The first kappa shape index (κ1) is 13.5. The van der Waals surface area contributed by atoms with E-state index in [1.165, 1.54) is 0 Å². The molecule has 0 unspecified atom stereocenters. The number of pyridine rings is 1. The minimum atomic E-state index is 0.144. The van der Waals surface area contributed by atoms with Gasteiger partial charge in [-0.2, -0.15) is 0 Å². The summed E-state index contributed by atoms with van der Waals surface area (Å²) in [6.45, 7) is 7.55. The molecule has 3 heteroatoms. The Kier molecular flexibility index (Phi) is 4.15. The number of aromatic nitrogens is 1. The lowest BCUT2D eigenvalue weighted by atomic mass is 10.1. The van der Waals surface area contributed by atoms with Gasteiger partial charge in [-0.15, -0.1) is 0 Å². The molecule has 0 fully saturated rings. The Morgan fingerprint density at radius 3 is 2.58 bits per heavy atom. The third-order valence-corrected chi connectivity index (χ3v) is 3.43. The zero-order chi connectivity index (χ0) is 13.8. The summed E-state index contributed by atoms with van der Waals surface area (Å²) in [6.07, 6.45) is 0.381. The van der Waals surface area contributed by atoms with Crippen LogP contribution in [0.15, 0.2) is 30.3 Å². The number of carbonyl (C=O) groups excluding carboxylic acids is 1. The van der Waals surface area contributed by atoms with Crippen LogP contribution in [0.2, 0.25) is 0 Å². The monoisotopic (exact) mass is 256 g/mol. The molecule has 0 saturated carbocycles. The Morgan fingerprint density at radius 2 is 1.89 bits per heavy atom. The van der Waals surface area contributed by atoms with Crippen molar-refractivity contribution >= 4 is 16.8 Å². The van der Waals surface area contributed by atoms with Crippen molar-refractivity contribution in [2.45, 2.75) is 27.2 Å². The maximum atomic E-state index is 12.1. The second kappa shape index (κ2) is 5.83. The van der Waals surface area contributed by atoms with E-state index in [1.807, 2.05) is 56.0 Å². The standard InChI is InChI=1S/C16H20N2O/c1-4-18(5-2)15(19)11-14-10-9-13-8-6-7-12(3)16(13)17-14/h6-10H,4-5,11H2,1-3H3. The number of para-hydroxylation sites is 1. The van der Waals surface area contributed by atoms with E-state index in [1.54, 1.807) is 0 Å². The van der Waals surface area contributed by atoms with E-state index in [2.05, 4.69) is 4.98 Å². The third-order valence-electron chi connectivity index (χ3n) is 3.43. The van der Waals surface area contributed by atoms with Gasteiger partial charge in [-0.1, -0.05) is 24.3 Å². The minimum absolute atomic E-state index is 0.144. The first-order valence-corrected chi connectivity index (χ1v) is 6.78. The molecule has 0 aliphatic heterocycles.